The summed E-state index contributed by atoms with van der Waals surface area (Å²) in [4.78, 5) is 10.4. The molecule has 0 aliphatic heterocycles. The number of aldehydes is 1. The summed E-state index contributed by atoms with van der Waals surface area (Å²) < 4.78 is 0. The van der Waals surface area contributed by atoms with Gasteiger partial charge in [-0.2, -0.15) is 0 Å². The first kappa shape index (κ1) is 7.30. The van der Waals surface area contributed by atoms with Gasteiger partial charge >= 0.3 is 0 Å². The second-order valence-electron chi connectivity index (χ2n) is 2.79. The smallest absolute Gasteiger partial charge is 0.154 e. The summed E-state index contributed by atoms with van der Waals surface area (Å²) in [6.45, 7) is 4.13. The molecule has 1 atom stereocenters. The molecular formula is C9H12O. The molecule has 0 fully saturated rings. The van der Waals surface area contributed by atoms with Crippen molar-refractivity contribution in [3.8, 4) is 0 Å². The van der Waals surface area contributed by atoms with Crippen molar-refractivity contribution in [1.82, 2.24) is 0 Å². The quantitative estimate of drug-likeness (QED) is 0.419. The van der Waals surface area contributed by atoms with E-state index in [9.17, 15) is 4.79 Å². The molecule has 0 spiro atoms. The van der Waals surface area contributed by atoms with Crippen LogP contribution in [0.5, 0.6) is 0 Å². The molecule has 1 rings (SSSR count). The Labute approximate surface area is 61.4 Å². The van der Waals surface area contributed by atoms with Gasteiger partial charge in [-0.3, -0.25) is 4.79 Å². The van der Waals surface area contributed by atoms with E-state index < -0.39 is 0 Å². The third-order valence-electron chi connectivity index (χ3n) is 1.97. The van der Waals surface area contributed by atoms with E-state index in [0.717, 1.165) is 24.7 Å². The molecule has 0 aromatic heterocycles. The lowest BCUT2D eigenvalue weighted by Crippen LogP contribution is -1.98. The second-order valence-corrected chi connectivity index (χ2v) is 2.79. The van der Waals surface area contributed by atoms with E-state index in [4.69, 9.17) is 0 Å². The van der Waals surface area contributed by atoms with Crippen LogP contribution in [0.15, 0.2) is 16.9 Å². The average Bonchev–Trinajstić information content (AvgIpc) is 2.30. The van der Waals surface area contributed by atoms with E-state index in [1.54, 1.807) is 0 Å². The van der Waals surface area contributed by atoms with Crippen molar-refractivity contribution in [2.45, 2.75) is 26.7 Å². The maximum absolute atomic E-state index is 10.4. The second kappa shape index (κ2) is 2.85. The predicted octanol–water partition coefficient (Wildman–Crippen LogP) is 2.09. The van der Waals surface area contributed by atoms with Gasteiger partial charge in [0.25, 0.3) is 0 Å². The van der Waals surface area contributed by atoms with Crippen LogP contribution in [0.2, 0.25) is 0 Å². The van der Waals surface area contributed by atoms with Crippen molar-refractivity contribution in [2.75, 3.05) is 0 Å². The highest BCUT2D eigenvalue weighted by Crippen LogP contribution is 2.26. The van der Waals surface area contributed by atoms with Crippen molar-refractivity contribution < 1.29 is 4.79 Å². The van der Waals surface area contributed by atoms with Crippen LogP contribution in [0.25, 0.3) is 0 Å². The van der Waals surface area contributed by atoms with E-state index in [2.05, 4.69) is 12.7 Å². The molecule has 54 valence electrons. The number of hydrogen-bond donors (Lipinski definition) is 0. The largest absolute Gasteiger partial charge is 0.298 e. The Kier molecular flexibility index (Phi) is 2.08. The fraction of sp³-hybridized carbons (Fsp3) is 0.556. The zero-order valence-corrected chi connectivity index (χ0v) is 6.48. The summed E-state index contributed by atoms with van der Waals surface area (Å²) in [6, 6.07) is 0. The third kappa shape index (κ3) is 1.19. The van der Waals surface area contributed by atoms with Gasteiger partial charge in [0.15, 0.2) is 6.29 Å². The molecule has 0 N–H and O–H groups in total. The van der Waals surface area contributed by atoms with Crippen LogP contribution in [0.3, 0.4) is 0 Å². The standard InChI is InChI=1S/C9H12O/c1-3-8-4-7(2)5-9(8)6-10/h6,8H,3-4H2,1-2H3. The molecule has 0 aromatic rings. The summed E-state index contributed by atoms with van der Waals surface area (Å²) in [5, 5.41) is 0. The number of rotatable bonds is 2. The molecule has 10 heavy (non-hydrogen) atoms. The van der Waals surface area contributed by atoms with Crippen LogP contribution in [0.4, 0.5) is 0 Å². The highest BCUT2D eigenvalue weighted by molar-refractivity contribution is 5.74. The molecule has 0 aromatic carbocycles. The number of carbonyl (C=O) groups is 1. The van der Waals surface area contributed by atoms with Crippen LogP contribution in [-0.2, 0) is 4.79 Å². The van der Waals surface area contributed by atoms with Gasteiger partial charge in [0.1, 0.15) is 0 Å². The summed E-state index contributed by atoms with van der Waals surface area (Å²) in [7, 11) is 0. The van der Waals surface area contributed by atoms with E-state index in [1.807, 2.05) is 6.92 Å². The minimum Gasteiger partial charge on any atom is -0.298 e. The molecule has 0 radical (unpaired) electrons. The minimum atomic E-state index is 0.456. The van der Waals surface area contributed by atoms with E-state index in [1.165, 1.54) is 5.57 Å². The van der Waals surface area contributed by atoms with Crippen molar-refractivity contribution in [3.63, 3.8) is 0 Å². The van der Waals surface area contributed by atoms with Gasteiger partial charge in [0.05, 0.1) is 0 Å². The van der Waals surface area contributed by atoms with Gasteiger partial charge in [0.2, 0.25) is 0 Å². The Hall–Kier alpha value is -0.810. The number of hydrogen-bond acceptors (Lipinski definition) is 1. The summed E-state index contributed by atoms with van der Waals surface area (Å²) in [5.74, 6) is 0.456. The summed E-state index contributed by atoms with van der Waals surface area (Å²) in [6.07, 6.45) is 3.02. The SMILES string of the molecule is CCC1CC(C)=C=C1C=O. The van der Waals surface area contributed by atoms with Crippen molar-refractivity contribution in [3.05, 3.63) is 16.9 Å². The van der Waals surface area contributed by atoms with E-state index in [-0.39, 0.29) is 0 Å². The molecule has 0 heterocycles. The first-order valence-electron chi connectivity index (χ1n) is 3.69. The number of allylic oxidation sites excluding steroid dienone is 1. The Morgan fingerprint density at radius 3 is 2.90 bits per heavy atom. The molecular weight excluding hydrogens is 124 g/mol. The van der Waals surface area contributed by atoms with Gasteiger partial charge in [-0.25, -0.2) is 0 Å². The molecule has 1 nitrogen and oxygen atoms in total. The molecule has 1 aliphatic rings. The zero-order chi connectivity index (χ0) is 7.56. The molecule has 1 heteroatoms. The third-order valence-corrected chi connectivity index (χ3v) is 1.97. The molecule has 0 saturated carbocycles. The Morgan fingerprint density at radius 1 is 1.80 bits per heavy atom. The molecule has 0 amide bonds. The van der Waals surface area contributed by atoms with Crippen molar-refractivity contribution >= 4 is 6.29 Å². The Morgan fingerprint density at radius 2 is 2.50 bits per heavy atom. The van der Waals surface area contributed by atoms with Gasteiger partial charge in [0, 0.05) is 5.57 Å². The van der Waals surface area contributed by atoms with Gasteiger partial charge in [-0.05, 0) is 31.3 Å². The molecule has 0 bridgehead atoms. The first-order chi connectivity index (χ1) is 4.77. The summed E-state index contributed by atoms with van der Waals surface area (Å²) in [5.41, 5.74) is 5.15. The lowest BCUT2D eigenvalue weighted by Gasteiger charge is -2.05. The maximum atomic E-state index is 10.4. The fourth-order valence-corrected chi connectivity index (χ4v) is 1.37. The highest BCUT2D eigenvalue weighted by atomic mass is 16.1. The molecule has 1 unspecified atom stereocenters. The van der Waals surface area contributed by atoms with Gasteiger partial charge in [-0.1, -0.05) is 6.92 Å². The van der Waals surface area contributed by atoms with Crippen molar-refractivity contribution in [1.29, 1.82) is 0 Å². The first-order valence-corrected chi connectivity index (χ1v) is 3.69. The maximum Gasteiger partial charge on any atom is 0.154 e. The lowest BCUT2D eigenvalue weighted by atomic mass is 9.98. The van der Waals surface area contributed by atoms with E-state index >= 15 is 0 Å². The predicted molar refractivity (Wildman–Crippen MR) is 40.7 cm³/mol. The van der Waals surface area contributed by atoms with Crippen LogP contribution < -0.4 is 0 Å². The zero-order valence-electron chi connectivity index (χ0n) is 6.48. The number of carbonyl (C=O) groups excluding carboxylic acids is 1. The van der Waals surface area contributed by atoms with Crippen LogP contribution in [0, 0.1) is 5.92 Å². The fourth-order valence-electron chi connectivity index (χ4n) is 1.37. The molecule has 0 saturated heterocycles. The van der Waals surface area contributed by atoms with Crippen LogP contribution in [-0.4, -0.2) is 6.29 Å². The van der Waals surface area contributed by atoms with Crippen LogP contribution >= 0.6 is 0 Å². The summed E-state index contributed by atoms with van der Waals surface area (Å²) >= 11 is 0. The highest BCUT2D eigenvalue weighted by Gasteiger charge is 2.16. The molecule has 1 aliphatic carbocycles. The van der Waals surface area contributed by atoms with Crippen LogP contribution in [0.1, 0.15) is 26.7 Å². The minimum absolute atomic E-state index is 0.456. The van der Waals surface area contributed by atoms with Crippen molar-refractivity contribution in [2.24, 2.45) is 5.92 Å². The Bertz CT molecular complexity index is 207. The normalized spacial score (nSPS) is 24.0. The topological polar surface area (TPSA) is 17.1 Å². The van der Waals surface area contributed by atoms with Gasteiger partial charge in [-0.15, -0.1) is 5.73 Å². The average molecular weight is 136 g/mol. The monoisotopic (exact) mass is 136 g/mol. The van der Waals surface area contributed by atoms with Gasteiger partial charge < -0.3 is 0 Å². The Balaban J connectivity index is 2.79. The lowest BCUT2D eigenvalue weighted by molar-refractivity contribution is -0.105. The van der Waals surface area contributed by atoms with E-state index in [0.29, 0.717) is 5.92 Å².